The molecule has 1 atom stereocenters. The number of carbonyl (C=O) groups is 1. The number of hydrogen-bond acceptors (Lipinski definition) is 4. The molecular weight excluding hydrogens is 441 g/mol. The zero-order valence-corrected chi connectivity index (χ0v) is 20.0. The van der Waals surface area contributed by atoms with Crippen LogP contribution >= 0.6 is 23.2 Å². The molecule has 6 nitrogen and oxygen atoms in total. The molecule has 1 amide bonds. The van der Waals surface area contributed by atoms with Gasteiger partial charge in [0.1, 0.15) is 5.75 Å². The van der Waals surface area contributed by atoms with Gasteiger partial charge in [0, 0.05) is 45.3 Å². The highest BCUT2D eigenvalue weighted by Crippen LogP contribution is 2.43. The molecule has 1 aromatic heterocycles. The molecule has 0 aliphatic carbocycles. The van der Waals surface area contributed by atoms with Crippen LogP contribution in [-0.2, 0) is 9.53 Å². The average Bonchev–Trinajstić information content (AvgIpc) is 3.29. The topological polar surface area (TPSA) is 56.6 Å². The summed E-state index contributed by atoms with van der Waals surface area (Å²) < 4.78 is 13.1. The Kier molecular flexibility index (Phi) is 7.28. The first kappa shape index (κ1) is 22.9. The molecule has 1 unspecified atom stereocenters. The van der Waals surface area contributed by atoms with E-state index in [-0.39, 0.29) is 18.6 Å². The van der Waals surface area contributed by atoms with Crippen LogP contribution in [0.2, 0.25) is 35.7 Å². The maximum atomic E-state index is 12.7. The van der Waals surface area contributed by atoms with Gasteiger partial charge in [0.15, 0.2) is 6.79 Å². The summed E-state index contributed by atoms with van der Waals surface area (Å²) in [4.78, 5) is 14.4. The molecule has 162 valence electrons. The second kappa shape index (κ2) is 9.56. The molecule has 1 fully saturated rings. The standard InChI is InChI=1S/C21H27Cl2N3O3Si/c1-5-25-13-16(11-24-25)26-12-15(10-19(26)27)20-18(7-6-17(22)21(20)23)29-14-28-8-9-30(2,3)4/h5-7,11,13,15H,1,8-10,12,14H2,2-4H3. The Morgan fingerprint density at radius 3 is 2.77 bits per heavy atom. The van der Waals surface area contributed by atoms with Crippen LogP contribution in [0.1, 0.15) is 17.9 Å². The molecule has 0 saturated carbocycles. The lowest BCUT2D eigenvalue weighted by molar-refractivity contribution is -0.117. The Morgan fingerprint density at radius 1 is 1.33 bits per heavy atom. The molecule has 2 heterocycles. The average molecular weight is 468 g/mol. The van der Waals surface area contributed by atoms with Crippen molar-refractivity contribution in [1.82, 2.24) is 9.78 Å². The van der Waals surface area contributed by atoms with Crippen LogP contribution in [0.4, 0.5) is 5.69 Å². The van der Waals surface area contributed by atoms with E-state index >= 15 is 0 Å². The van der Waals surface area contributed by atoms with Gasteiger partial charge in [-0.15, -0.1) is 0 Å². The van der Waals surface area contributed by atoms with E-state index in [4.69, 9.17) is 32.7 Å². The number of benzene rings is 1. The van der Waals surface area contributed by atoms with E-state index in [9.17, 15) is 4.79 Å². The minimum Gasteiger partial charge on any atom is -0.467 e. The summed E-state index contributed by atoms with van der Waals surface area (Å²) in [6.45, 7) is 11.8. The number of rotatable bonds is 9. The summed E-state index contributed by atoms with van der Waals surface area (Å²) in [6, 6.07) is 4.55. The van der Waals surface area contributed by atoms with Gasteiger partial charge in [0.05, 0.1) is 28.1 Å². The minimum atomic E-state index is -1.16. The minimum absolute atomic E-state index is 0.00279. The van der Waals surface area contributed by atoms with Crippen LogP contribution in [0.15, 0.2) is 31.1 Å². The highest BCUT2D eigenvalue weighted by molar-refractivity contribution is 6.76. The zero-order chi connectivity index (χ0) is 21.9. The van der Waals surface area contributed by atoms with E-state index in [2.05, 4.69) is 31.3 Å². The lowest BCUT2D eigenvalue weighted by Crippen LogP contribution is -2.24. The molecule has 9 heteroatoms. The van der Waals surface area contributed by atoms with Crippen molar-refractivity contribution >= 4 is 49.1 Å². The maximum Gasteiger partial charge on any atom is 0.227 e. The van der Waals surface area contributed by atoms with Gasteiger partial charge >= 0.3 is 0 Å². The van der Waals surface area contributed by atoms with Crippen molar-refractivity contribution in [3.63, 3.8) is 0 Å². The van der Waals surface area contributed by atoms with Gasteiger partial charge in [0.2, 0.25) is 5.91 Å². The molecule has 0 radical (unpaired) electrons. The number of ether oxygens (including phenoxy) is 2. The smallest absolute Gasteiger partial charge is 0.227 e. The van der Waals surface area contributed by atoms with Crippen LogP contribution in [0.3, 0.4) is 0 Å². The molecule has 1 saturated heterocycles. The molecule has 1 aliphatic heterocycles. The quantitative estimate of drug-likeness (QED) is 0.277. The number of anilines is 1. The third-order valence-corrected chi connectivity index (χ3v) is 7.53. The number of amides is 1. The fraction of sp³-hybridized carbons (Fsp3) is 0.429. The second-order valence-corrected chi connectivity index (χ2v) is 14.9. The van der Waals surface area contributed by atoms with E-state index in [1.165, 1.54) is 0 Å². The number of halogens is 2. The first-order chi connectivity index (χ1) is 14.2. The number of hydrogen-bond donors (Lipinski definition) is 0. The Balaban J connectivity index is 1.73. The highest BCUT2D eigenvalue weighted by atomic mass is 35.5. The van der Waals surface area contributed by atoms with Gasteiger partial charge in [-0.1, -0.05) is 49.4 Å². The van der Waals surface area contributed by atoms with Gasteiger partial charge in [-0.3, -0.25) is 4.79 Å². The monoisotopic (exact) mass is 467 g/mol. The summed E-state index contributed by atoms with van der Waals surface area (Å²) in [5, 5.41) is 5.00. The zero-order valence-electron chi connectivity index (χ0n) is 17.5. The van der Waals surface area contributed by atoms with Gasteiger partial charge in [-0.05, 0) is 18.2 Å². The SMILES string of the molecule is C=Cn1cc(N2CC(c3c(OCOCC[Si](C)(C)C)ccc(Cl)c3Cl)CC2=O)cn1. The van der Waals surface area contributed by atoms with Crippen LogP contribution in [0.25, 0.3) is 6.20 Å². The van der Waals surface area contributed by atoms with Gasteiger partial charge in [0.25, 0.3) is 0 Å². The molecular formula is C21H27Cl2N3O3Si. The molecule has 1 aliphatic rings. The maximum absolute atomic E-state index is 12.7. The molecule has 2 aromatic rings. The second-order valence-electron chi connectivity index (χ2n) is 8.52. The van der Waals surface area contributed by atoms with Crippen LogP contribution in [0.5, 0.6) is 5.75 Å². The van der Waals surface area contributed by atoms with E-state index in [1.807, 2.05) is 0 Å². The predicted octanol–water partition coefficient (Wildman–Crippen LogP) is 5.50. The van der Waals surface area contributed by atoms with Crippen LogP contribution in [0, 0.1) is 0 Å². The van der Waals surface area contributed by atoms with Crippen LogP contribution in [-0.4, -0.2) is 43.7 Å². The van der Waals surface area contributed by atoms with E-state index in [0.717, 1.165) is 17.3 Å². The fourth-order valence-corrected chi connectivity index (χ4v) is 4.55. The highest BCUT2D eigenvalue weighted by Gasteiger charge is 2.35. The van der Waals surface area contributed by atoms with Gasteiger partial charge in [-0.25, -0.2) is 4.68 Å². The first-order valence-corrected chi connectivity index (χ1v) is 14.3. The van der Waals surface area contributed by atoms with Crippen LogP contribution < -0.4 is 9.64 Å². The van der Waals surface area contributed by atoms with E-state index < -0.39 is 8.07 Å². The van der Waals surface area contributed by atoms with Crippen molar-refractivity contribution < 1.29 is 14.3 Å². The summed E-state index contributed by atoms with van der Waals surface area (Å²) in [6.07, 6.45) is 5.29. The summed E-state index contributed by atoms with van der Waals surface area (Å²) in [7, 11) is -1.16. The molecule has 0 spiro atoms. The van der Waals surface area contributed by atoms with Gasteiger partial charge < -0.3 is 14.4 Å². The number of nitrogens with zero attached hydrogens (tertiary/aromatic N) is 3. The van der Waals surface area contributed by atoms with Gasteiger partial charge in [-0.2, -0.15) is 5.10 Å². The molecule has 0 N–H and O–H groups in total. The Bertz CT molecular complexity index is 927. The van der Waals surface area contributed by atoms with Crippen molar-refractivity contribution in [3.05, 3.63) is 46.7 Å². The van der Waals surface area contributed by atoms with Crippen molar-refractivity contribution in [2.75, 3.05) is 24.8 Å². The third-order valence-electron chi connectivity index (χ3n) is 5.01. The Morgan fingerprint density at radius 2 is 2.10 bits per heavy atom. The van der Waals surface area contributed by atoms with E-state index in [0.29, 0.717) is 35.4 Å². The van der Waals surface area contributed by atoms with Crippen molar-refractivity contribution in [3.8, 4) is 5.75 Å². The first-order valence-electron chi connectivity index (χ1n) is 9.85. The van der Waals surface area contributed by atoms with E-state index in [1.54, 1.807) is 40.3 Å². The lowest BCUT2D eigenvalue weighted by Gasteiger charge is -2.20. The summed E-state index contributed by atoms with van der Waals surface area (Å²) in [5.74, 6) is 0.448. The Hall–Kier alpha value is -1.80. The summed E-state index contributed by atoms with van der Waals surface area (Å²) >= 11 is 12.8. The third kappa shape index (κ3) is 5.46. The van der Waals surface area contributed by atoms with Crippen molar-refractivity contribution in [2.24, 2.45) is 0 Å². The molecule has 30 heavy (non-hydrogen) atoms. The Labute approximate surface area is 188 Å². The van der Waals surface area contributed by atoms with Crippen molar-refractivity contribution in [1.29, 1.82) is 0 Å². The molecule has 1 aromatic carbocycles. The largest absolute Gasteiger partial charge is 0.467 e. The van der Waals surface area contributed by atoms with Crippen molar-refractivity contribution in [2.45, 2.75) is 38.0 Å². The molecule has 0 bridgehead atoms. The number of carbonyl (C=O) groups excluding carboxylic acids is 1. The normalized spacial score (nSPS) is 16.9. The fourth-order valence-electron chi connectivity index (χ4n) is 3.32. The number of aromatic nitrogens is 2. The molecule has 3 rings (SSSR count). The predicted molar refractivity (Wildman–Crippen MR) is 124 cm³/mol. The summed E-state index contributed by atoms with van der Waals surface area (Å²) in [5.41, 5.74) is 1.46. The lowest BCUT2D eigenvalue weighted by atomic mass is 9.97.